The molecule has 9 aromatic carbocycles. The Bertz CT molecular complexity index is 3440. The van der Waals surface area contributed by atoms with Gasteiger partial charge in [0.05, 0.1) is 22.1 Å². The van der Waals surface area contributed by atoms with Crippen molar-refractivity contribution < 1.29 is 0 Å². The molecule has 2 aromatic heterocycles. The van der Waals surface area contributed by atoms with Crippen LogP contribution in [0.4, 0.5) is 0 Å². The summed E-state index contributed by atoms with van der Waals surface area (Å²) in [5, 5.41) is 4.71. The van der Waals surface area contributed by atoms with Crippen molar-refractivity contribution in [3.63, 3.8) is 0 Å². The molecule has 4 nitrogen and oxygen atoms in total. The lowest BCUT2D eigenvalue weighted by molar-refractivity contribution is 0.749. The van der Waals surface area contributed by atoms with Gasteiger partial charge in [0, 0.05) is 27.5 Å². The van der Waals surface area contributed by atoms with Crippen LogP contribution in [-0.2, 0) is 5.41 Å². The smallest absolute Gasteiger partial charge is 0.164 e. The maximum Gasteiger partial charge on any atom is 0.164 e. The van der Waals surface area contributed by atoms with Crippen molar-refractivity contribution in [3.05, 3.63) is 229 Å². The fraction of sp³-hybridized carbons (Fsp3) is 0.0179. The third-order valence-electron chi connectivity index (χ3n) is 12.8. The minimum Gasteiger partial charge on any atom is -0.309 e. The fourth-order valence-electron chi connectivity index (χ4n) is 10.3. The van der Waals surface area contributed by atoms with E-state index in [1.54, 1.807) is 0 Å². The van der Waals surface area contributed by atoms with E-state index in [2.05, 4.69) is 174 Å². The number of hydrogen-bond acceptors (Lipinski definition) is 3. The van der Waals surface area contributed by atoms with Crippen molar-refractivity contribution in [2.75, 3.05) is 0 Å². The molecular formula is C56H34N4. The van der Waals surface area contributed by atoms with Crippen LogP contribution in [0.15, 0.2) is 206 Å². The standard InChI is InChI=1S/C56H34N4/c1-3-16-36(17-4-1)53-57-54(37-18-5-2-6-19-37)59-55(58-53)43-24-15-20-35-30-31-38(32-44(35)43)39-33-45-42-23-9-13-28-50(42)60-51-29-14-12-27-48(51)56(49(34-39)52(45)60)46-25-10-7-21-40(46)41-22-8-11-26-47(41)56/h1-34H. The van der Waals surface area contributed by atoms with Crippen LogP contribution in [0, 0.1) is 0 Å². The normalized spacial score (nSPS) is 13.1. The number of rotatable bonds is 4. The third kappa shape index (κ3) is 4.53. The number of para-hydroxylation sites is 2. The second-order valence-corrected chi connectivity index (χ2v) is 15.9. The van der Waals surface area contributed by atoms with Crippen LogP contribution in [0.1, 0.15) is 22.3 Å². The van der Waals surface area contributed by atoms with E-state index in [1.165, 1.54) is 66.4 Å². The molecule has 60 heavy (non-hydrogen) atoms. The Kier molecular flexibility index (Phi) is 6.90. The Morgan fingerprint density at radius 3 is 1.62 bits per heavy atom. The number of nitrogens with zero attached hydrogens (tertiary/aromatic N) is 4. The highest BCUT2D eigenvalue weighted by molar-refractivity contribution is 6.14. The van der Waals surface area contributed by atoms with Gasteiger partial charge >= 0.3 is 0 Å². The van der Waals surface area contributed by atoms with E-state index < -0.39 is 5.41 Å². The molecule has 0 atom stereocenters. The van der Waals surface area contributed by atoms with Crippen LogP contribution >= 0.6 is 0 Å². The van der Waals surface area contributed by atoms with Crippen LogP contribution in [0.2, 0.25) is 0 Å². The fourth-order valence-corrected chi connectivity index (χ4v) is 10.3. The molecule has 1 aliphatic carbocycles. The van der Waals surface area contributed by atoms with Crippen molar-refractivity contribution in [2.45, 2.75) is 5.41 Å². The summed E-state index contributed by atoms with van der Waals surface area (Å²) >= 11 is 0. The van der Waals surface area contributed by atoms with E-state index in [0.29, 0.717) is 17.5 Å². The van der Waals surface area contributed by atoms with Gasteiger partial charge in [-0.05, 0) is 85.6 Å². The number of fused-ring (bicyclic) bond motifs is 13. The van der Waals surface area contributed by atoms with Crippen molar-refractivity contribution in [1.82, 2.24) is 19.5 Å². The van der Waals surface area contributed by atoms with Gasteiger partial charge in [-0.1, -0.05) is 176 Å². The largest absolute Gasteiger partial charge is 0.309 e. The molecule has 0 bridgehead atoms. The maximum atomic E-state index is 5.15. The molecule has 278 valence electrons. The first kappa shape index (κ1) is 33.1. The Labute approximate surface area is 346 Å². The molecule has 0 N–H and O–H groups in total. The summed E-state index contributed by atoms with van der Waals surface area (Å²) in [6.07, 6.45) is 0. The number of hydrogen-bond donors (Lipinski definition) is 0. The van der Waals surface area contributed by atoms with Gasteiger partial charge < -0.3 is 4.57 Å². The maximum absolute atomic E-state index is 5.15. The van der Waals surface area contributed by atoms with Crippen molar-refractivity contribution in [3.8, 4) is 62.1 Å². The van der Waals surface area contributed by atoms with Crippen LogP contribution in [0.3, 0.4) is 0 Å². The highest BCUT2D eigenvalue weighted by atomic mass is 15.0. The minimum atomic E-state index is -0.517. The van der Waals surface area contributed by atoms with E-state index in [1.807, 2.05) is 36.4 Å². The predicted molar refractivity (Wildman–Crippen MR) is 244 cm³/mol. The average Bonchev–Trinajstić information content (AvgIpc) is 3.82. The lowest BCUT2D eigenvalue weighted by Crippen LogP contribution is -2.33. The van der Waals surface area contributed by atoms with Gasteiger partial charge in [0.2, 0.25) is 0 Å². The molecule has 0 saturated carbocycles. The summed E-state index contributed by atoms with van der Waals surface area (Å²) in [5.41, 5.74) is 16.2. The molecule has 1 spiro atoms. The zero-order chi connectivity index (χ0) is 39.4. The molecule has 0 saturated heterocycles. The first-order valence-electron chi connectivity index (χ1n) is 20.5. The molecule has 1 aliphatic heterocycles. The Hall–Kier alpha value is -7.95. The van der Waals surface area contributed by atoms with Gasteiger partial charge in [0.1, 0.15) is 0 Å². The van der Waals surface area contributed by atoms with Crippen molar-refractivity contribution in [1.29, 1.82) is 0 Å². The SMILES string of the molecule is c1ccc(-c2nc(-c3ccccc3)nc(-c3cccc4ccc(-c5cc6c7c(c5)c5ccccc5n7-c5ccccc5C65c6ccccc6-c6ccccc65)cc34)n2)cc1. The minimum absolute atomic E-state index is 0.517. The summed E-state index contributed by atoms with van der Waals surface area (Å²) in [6.45, 7) is 0. The van der Waals surface area contributed by atoms with Gasteiger partial charge in [0.25, 0.3) is 0 Å². The summed E-state index contributed by atoms with van der Waals surface area (Å²) < 4.78 is 2.52. The van der Waals surface area contributed by atoms with Crippen LogP contribution in [0.25, 0.3) is 94.7 Å². The Morgan fingerprint density at radius 2 is 0.900 bits per heavy atom. The van der Waals surface area contributed by atoms with Gasteiger partial charge in [-0.25, -0.2) is 15.0 Å². The van der Waals surface area contributed by atoms with E-state index in [-0.39, 0.29) is 0 Å². The average molecular weight is 763 g/mol. The second kappa shape index (κ2) is 12.5. The predicted octanol–water partition coefficient (Wildman–Crippen LogP) is 13.5. The number of aromatic nitrogens is 4. The lowest BCUT2D eigenvalue weighted by atomic mass is 9.65. The van der Waals surface area contributed by atoms with E-state index in [9.17, 15) is 0 Å². The Balaban J connectivity index is 1.10. The molecule has 0 radical (unpaired) electrons. The van der Waals surface area contributed by atoms with Crippen molar-refractivity contribution in [2.24, 2.45) is 0 Å². The van der Waals surface area contributed by atoms with Gasteiger partial charge in [0.15, 0.2) is 17.5 Å². The molecule has 3 heterocycles. The second-order valence-electron chi connectivity index (χ2n) is 15.9. The molecule has 13 rings (SSSR count). The number of benzene rings is 9. The zero-order valence-corrected chi connectivity index (χ0v) is 32.4. The van der Waals surface area contributed by atoms with Crippen LogP contribution in [0.5, 0.6) is 0 Å². The first-order chi connectivity index (χ1) is 29.8. The molecule has 0 amide bonds. The molecule has 0 fully saturated rings. The van der Waals surface area contributed by atoms with Crippen molar-refractivity contribution >= 4 is 32.6 Å². The van der Waals surface area contributed by atoms with Gasteiger partial charge in [-0.3, -0.25) is 0 Å². The monoisotopic (exact) mass is 762 g/mol. The van der Waals surface area contributed by atoms with Crippen LogP contribution in [-0.4, -0.2) is 19.5 Å². The molecule has 11 aromatic rings. The van der Waals surface area contributed by atoms with Gasteiger partial charge in [-0.15, -0.1) is 0 Å². The zero-order valence-electron chi connectivity index (χ0n) is 32.4. The molecular weight excluding hydrogens is 729 g/mol. The van der Waals surface area contributed by atoms with Crippen LogP contribution < -0.4 is 0 Å². The Morgan fingerprint density at radius 1 is 0.333 bits per heavy atom. The first-order valence-corrected chi connectivity index (χ1v) is 20.5. The topological polar surface area (TPSA) is 43.6 Å². The highest BCUT2D eigenvalue weighted by Gasteiger charge is 2.50. The molecule has 4 heteroatoms. The summed E-state index contributed by atoms with van der Waals surface area (Å²) in [5.74, 6) is 1.95. The van der Waals surface area contributed by atoms with E-state index in [0.717, 1.165) is 33.0 Å². The van der Waals surface area contributed by atoms with E-state index >= 15 is 0 Å². The highest BCUT2D eigenvalue weighted by Crippen LogP contribution is 2.61. The quantitative estimate of drug-likeness (QED) is 0.179. The summed E-state index contributed by atoms with van der Waals surface area (Å²) in [6, 6.07) is 74.6. The molecule has 2 aliphatic rings. The van der Waals surface area contributed by atoms with Gasteiger partial charge in [-0.2, -0.15) is 0 Å². The summed E-state index contributed by atoms with van der Waals surface area (Å²) in [7, 11) is 0. The third-order valence-corrected chi connectivity index (χ3v) is 12.8. The molecule has 0 unspecified atom stereocenters. The lowest BCUT2D eigenvalue weighted by Gasteiger charge is -2.39. The van der Waals surface area contributed by atoms with E-state index in [4.69, 9.17) is 15.0 Å². The summed E-state index contributed by atoms with van der Waals surface area (Å²) in [4.78, 5) is 15.3.